The molecule has 1 aromatic rings. The zero-order chi connectivity index (χ0) is 20.8. The molecule has 0 fully saturated rings. The summed E-state index contributed by atoms with van der Waals surface area (Å²) in [5.74, 6) is -2.72. The largest absolute Gasteiger partial charge is 0.435 e. The molecule has 1 unspecified atom stereocenters. The number of allylic oxidation sites excluding steroid dienone is 2. The van der Waals surface area contributed by atoms with E-state index < -0.39 is 36.5 Å². The smallest absolute Gasteiger partial charge is 0.387 e. The van der Waals surface area contributed by atoms with Crippen LogP contribution in [0.15, 0.2) is 47.6 Å². The Kier molecular flexibility index (Phi) is 6.74. The number of rotatable bonds is 9. The van der Waals surface area contributed by atoms with E-state index in [9.17, 15) is 22.8 Å². The molecule has 0 aliphatic carbocycles. The standard InChI is InChI=1S/C17H20F3N5O3/c1-2-12(14(22)27)24-16-11(18)7-10(13(21)26)15(25-16)23-8-4-3-5-9(6-8)28-17(19)20/h3-7,12,15,17,23-25H,2H2,1H3,(H2,21,26)(H2,22,27)/t12-,15?/m1/s1. The minimum atomic E-state index is -3.00. The summed E-state index contributed by atoms with van der Waals surface area (Å²) in [6.07, 6.45) is 0.198. The van der Waals surface area contributed by atoms with Crippen molar-refractivity contribution >= 4 is 17.5 Å². The second-order valence-electron chi connectivity index (χ2n) is 5.82. The van der Waals surface area contributed by atoms with Gasteiger partial charge >= 0.3 is 6.61 Å². The minimum absolute atomic E-state index is 0.111. The van der Waals surface area contributed by atoms with E-state index in [0.717, 1.165) is 6.08 Å². The Labute approximate surface area is 158 Å². The van der Waals surface area contributed by atoms with Crippen molar-refractivity contribution < 1.29 is 27.5 Å². The van der Waals surface area contributed by atoms with E-state index in [2.05, 4.69) is 20.7 Å². The summed E-state index contributed by atoms with van der Waals surface area (Å²) in [6, 6.07) is 4.72. The predicted octanol–water partition coefficient (Wildman–Crippen LogP) is 1.03. The lowest BCUT2D eigenvalue weighted by Crippen LogP contribution is -2.50. The molecule has 0 bridgehead atoms. The van der Waals surface area contributed by atoms with Gasteiger partial charge < -0.3 is 32.2 Å². The van der Waals surface area contributed by atoms with Gasteiger partial charge in [0.25, 0.3) is 0 Å². The lowest BCUT2D eigenvalue weighted by atomic mass is 10.1. The van der Waals surface area contributed by atoms with Crippen molar-refractivity contribution in [2.24, 2.45) is 11.5 Å². The number of nitrogens with two attached hydrogens (primary N) is 2. The van der Waals surface area contributed by atoms with Crippen LogP contribution in [0.3, 0.4) is 0 Å². The molecule has 2 rings (SSSR count). The Balaban J connectivity index is 2.25. The van der Waals surface area contributed by atoms with E-state index in [1.54, 1.807) is 6.92 Å². The van der Waals surface area contributed by atoms with Crippen molar-refractivity contribution in [1.82, 2.24) is 10.6 Å². The summed E-state index contributed by atoms with van der Waals surface area (Å²) < 4.78 is 43.4. The lowest BCUT2D eigenvalue weighted by molar-refractivity contribution is -0.120. The molecule has 0 saturated heterocycles. The molecule has 1 heterocycles. The third-order valence-corrected chi connectivity index (χ3v) is 3.85. The lowest BCUT2D eigenvalue weighted by Gasteiger charge is -2.30. The number of primary amides is 2. The van der Waals surface area contributed by atoms with Crippen LogP contribution in [0.5, 0.6) is 5.75 Å². The van der Waals surface area contributed by atoms with Crippen LogP contribution in [0, 0.1) is 0 Å². The van der Waals surface area contributed by atoms with Crippen LogP contribution in [0.2, 0.25) is 0 Å². The number of hydrogen-bond acceptors (Lipinski definition) is 6. The number of dihydropyridines is 1. The summed E-state index contributed by atoms with van der Waals surface area (Å²) in [4.78, 5) is 23.1. The molecule has 0 spiro atoms. The van der Waals surface area contributed by atoms with Crippen LogP contribution in [0.1, 0.15) is 13.3 Å². The number of alkyl halides is 2. The maximum Gasteiger partial charge on any atom is 0.387 e. The minimum Gasteiger partial charge on any atom is -0.435 e. The molecule has 0 saturated carbocycles. The number of carbonyl (C=O) groups excluding carboxylic acids is 2. The van der Waals surface area contributed by atoms with Gasteiger partial charge in [0.2, 0.25) is 11.8 Å². The zero-order valence-corrected chi connectivity index (χ0v) is 14.8. The fraction of sp³-hybridized carbons (Fsp3) is 0.294. The van der Waals surface area contributed by atoms with E-state index in [1.165, 1.54) is 24.3 Å². The second-order valence-corrected chi connectivity index (χ2v) is 5.82. The van der Waals surface area contributed by atoms with Gasteiger partial charge in [0.15, 0.2) is 5.83 Å². The number of benzene rings is 1. The summed E-state index contributed by atoms with van der Waals surface area (Å²) in [7, 11) is 0. The van der Waals surface area contributed by atoms with Gasteiger partial charge in [-0.3, -0.25) is 9.59 Å². The number of hydrogen-bond donors (Lipinski definition) is 5. The molecule has 8 nitrogen and oxygen atoms in total. The van der Waals surface area contributed by atoms with E-state index in [4.69, 9.17) is 11.5 Å². The Bertz CT molecular complexity index is 813. The predicted molar refractivity (Wildman–Crippen MR) is 95.4 cm³/mol. The van der Waals surface area contributed by atoms with Crippen LogP contribution in [0.25, 0.3) is 0 Å². The normalized spacial score (nSPS) is 17.5. The van der Waals surface area contributed by atoms with Gasteiger partial charge in [-0.2, -0.15) is 8.78 Å². The monoisotopic (exact) mass is 399 g/mol. The summed E-state index contributed by atoms with van der Waals surface area (Å²) >= 11 is 0. The molecule has 0 radical (unpaired) electrons. The molecule has 7 N–H and O–H groups in total. The molecule has 152 valence electrons. The van der Waals surface area contributed by atoms with Gasteiger partial charge in [0.1, 0.15) is 23.8 Å². The highest BCUT2D eigenvalue weighted by Crippen LogP contribution is 2.23. The Hall–Kier alpha value is -3.37. The maximum atomic E-state index is 14.3. The molecule has 11 heteroatoms. The van der Waals surface area contributed by atoms with Crippen molar-refractivity contribution in [2.75, 3.05) is 5.32 Å². The van der Waals surface area contributed by atoms with Crippen LogP contribution in [-0.2, 0) is 9.59 Å². The average Bonchev–Trinajstić information content (AvgIpc) is 2.60. The molecule has 2 amide bonds. The van der Waals surface area contributed by atoms with Crippen molar-refractivity contribution in [1.29, 1.82) is 0 Å². The van der Waals surface area contributed by atoms with Crippen molar-refractivity contribution in [3.8, 4) is 5.75 Å². The first-order valence-electron chi connectivity index (χ1n) is 8.26. The van der Waals surface area contributed by atoms with Gasteiger partial charge in [-0.1, -0.05) is 13.0 Å². The Morgan fingerprint density at radius 1 is 1.32 bits per heavy atom. The molecule has 28 heavy (non-hydrogen) atoms. The van der Waals surface area contributed by atoms with Crippen molar-refractivity contribution in [2.45, 2.75) is 32.2 Å². The van der Waals surface area contributed by atoms with Crippen LogP contribution < -0.4 is 32.2 Å². The highest BCUT2D eigenvalue weighted by atomic mass is 19.3. The van der Waals surface area contributed by atoms with Gasteiger partial charge in [-0.05, 0) is 24.6 Å². The number of nitrogens with one attached hydrogen (secondary N) is 3. The number of ether oxygens (including phenoxy) is 1. The highest BCUT2D eigenvalue weighted by Gasteiger charge is 2.28. The van der Waals surface area contributed by atoms with Crippen molar-refractivity contribution in [3.05, 3.63) is 47.6 Å². The zero-order valence-electron chi connectivity index (χ0n) is 14.8. The maximum absolute atomic E-state index is 14.3. The van der Waals surface area contributed by atoms with E-state index >= 15 is 0 Å². The van der Waals surface area contributed by atoms with Crippen molar-refractivity contribution in [3.63, 3.8) is 0 Å². The molecular weight excluding hydrogens is 379 g/mol. The summed E-state index contributed by atoms with van der Waals surface area (Å²) in [5, 5.41) is 8.14. The van der Waals surface area contributed by atoms with Gasteiger partial charge in [0, 0.05) is 11.8 Å². The van der Waals surface area contributed by atoms with E-state index in [-0.39, 0.29) is 17.1 Å². The highest BCUT2D eigenvalue weighted by molar-refractivity contribution is 5.94. The van der Waals surface area contributed by atoms with Gasteiger partial charge in [-0.25, -0.2) is 4.39 Å². The second kappa shape index (κ2) is 9.02. The van der Waals surface area contributed by atoms with Crippen LogP contribution in [0.4, 0.5) is 18.9 Å². The number of anilines is 1. The van der Waals surface area contributed by atoms with Crippen LogP contribution >= 0.6 is 0 Å². The Morgan fingerprint density at radius 2 is 2.04 bits per heavy atom. The first kappa shape index (κ1) is 20.9. The van der Waals surface area contributed by atoms with E-state index in [0.29, 0.717) is 12.1 Å². The molecular formula is C17H20F3N5O3. The summed E-state index contributed by atoms with van der Waals surface area (Å²) in [6.45, 7) is -1.32. The van der Waals surface area contributed by atoms with Gasteiger partial charge in [0.05, 0.1) is 5.57 Å². The van der Waals surface area contributed by atoms with Gasteiger partial charge in [-0.15, -0.1) is 0 Å². The fourth-order valence-corrected chi connectivity index (χ4v) is 2.50. The Morgan fingerprint density at radius 3 is 2.61 bits per heavy atom. The molecule has 0 aromatic heterocycles. The van der Waals surface area contributed by atoms with Crippen LogP contribution in [-0.4, -0.2) is 30.6 Å². The summed E-state index contributed by atoms with van der Waals surface area (Å²) in [5.41, 5.74) is 10.7. The third-order valence-electron chi connectivity index (χ3n) is 3.85. The third kappa shape index (κ3) is 5.32. The molecule has 1 aromatic carbocycles. The SMILES string of the molecule is CC[C@@H](NC1=C(F)C=C(C(N)=O)C(Nc2cccc(OC(F)F)c2)N1)C(N)=O. The quantitative estimate of drug-likeness (QED) is 0.422. The molecule has 1 aliphatic heterocycles. The fourth-order valence-electron chi connectivity index (χ4n) is 2.50. The number of amides is 2. The number of carbonyl (C=O) groups is 2. The van der Waals surface area contributed by atoms with E-state index in [1.807, 2.05) is 0 Å². The molecule has 2 atom stereocenters. The molecule has 1 aliphatic rings. The number of halogens is 3. The first-order valence-corrected chi connectivity index (χ1v) is 8.26. The average molecular weight is 399 g/mol. The topological polar surface area (TPSA) is 132 Å². The first-order chi connectivity index (χ1) is 13.2.